The molecule has 0 aliphatic carbocycles. The van der Waals surface area contributed by atoms with Crippen LogP contribution >= 0.6 is 0 Å². The molecule has 2 heterocycles. The molecule has 0 saturated carbocycles. The Balaban J connectivity index is 2.06. The number of hydrogen-bond acceptors (Lipinski definition) is 3. The molecule has 1 aliphatic rings. The van der Waals surface area contributed by atoms with Gasteiger partial charge in [0, 0.05) is 38.9 Å². The number of likely N-dealkylation sites (N-methyl/N-ethyl adjacent to an activating group) is 1. The Morgan fingerprint density at radius 2 is 2.10 bits per heavy atom. The zero-order valence-corrected chi connectivity index (χ0v) is 13.3. The van der Waals surface area contributed by atoms with Crippen molar-refractivity contribution in [3.63, 3.8) is 0 Å². The molecule has 20 heavy (non-hydrogen) atoms. The minimum absolute atomic E-state index is 0.633. The third kappa shape index (κ3) is 3.05. The van der Waals surface area contributed by atoms with Crippen LogP contribution in [0.15, 0.2) is 12.3 Å². The van der Waals surface area contributed by atoms with Crippen LogP contribution < -0.4 is 0 Å². The van der Waals surface area contributed by atoms with Crippen molar-refractivity contribution in [3.05, 3.63) is 23.5 Å². The van der Waals surface area contributed by atoms with Crippen molar-refractivity contribution in [3.8, 4) is 6.07 Å². The molecule has 1 fully saturated rings. The Morgan fingerprint density at radius 3 is 2.55 bits per heavy atom. The van der Waals surface area contributed by atoms with Crippen molar-refractivity contribution in [2.75, 3.05) is 27.2 Å². The van der Waals surface area contributed by atoms with Crippen molar-refractivity contribution in [2.24, 2.45) is 18.9 Å². The first-order chi connectivity index (χ1) is 9.42. The Kier molecular flexibility index (Phi) is 4.52. The molecule has 0 unspecified atom stereocenters. The molecule has 0 aromatic carbocycles. The lowest BCUT2D eigenvalue weighted by atomic mass is 9.91. The largest absolute Gasteiger partial charge is 0.342 e. The number of aromatic nitrogens is 1. The van der Waals surface area contributed by atoms with Gasteiger partial charge in [-0.15, -0.1) is 0 Å². The Bertz CT molecular complexity index is 479. The number of aryl methyl sites for hydroxylation is 1. The number of likely N-dealkylation sites (tertiary alicyclic amines) is 1. The second-order valence-electron chi connectivity index (χ2n) is 6.59. The summed E-state index contributed by atoms with van der Waals surface area (Å²) in [7, 11) is 6.30. The van der Waals surface area contributed by atoms with E-state index in [0.29, 0.717) is 12.0 Å². The zero-order valence-electron chi connectivity index (χ0n) is 13.3. The molecule has 1 saturated heterocycles. The van der Waals surface area contributed by atoms with Gasteiger partial charge in [0.05, 0.1) is 0 Å². The van der Waals surface area contributed by atoms with Crippen molar-refractivity contribution in [1.82, 2.24) is 14.4 Å². The van der Waals surface area contributed by atoms with E-state index in [2.05, 4.69) is 50.0 Å². The first-order valence-electron chi connectivity index (χ1n) is 7.36. The van der Waals surface area contributed by atoms with Gasteiger partial charge < -0.3 is 9.47 Å². The van der Waals surface area contributed by atoms with E-state index in [1.807, 2.05) is 17.7 Å². The Morgan fingerprint density at radius 1 is 1.40 bits per heavy atom. The van der Waals surface area contributed by atoms with Crippen LogP contribution in [0.2, 0.25) is 0 Å². The molecule has 1 aromatic heterocycles. The fourth-order valence-electron chi connectivity index (χ4n) is 3.31. The molecular formula is C16H26N4. The summed E-state index contributed by atoms with van der Waals surface area (Å²) in [6.45, 7) is 7.86. The van der Waals surface area contributed by atoms with Crippen LogP contribution in [-0.2, 0) is 13.6 Å². The molecule has 110 valence electrons. The highest BCUT2D eigenvalue weighted by Crippen LogP contribution is 2.28. The van der Waals surface area contributed by atoms with Crippen LogP contribution in [0.4, 0.5) is 0 Å². The highest BCUT2D eigenvalue weighted by atomic mass is 15.2. The van der Waals surface area contributed by atoms with E-state index < -0.39 is 0 Å². The predicted octanol–water partition coefficient (Wildman–Crippen LogP) is 1.91. The van der Waals surface area contributed by atoms with E-state index in [0.717, 1.165) is 31.2 Å². The quantitative estimate of drug-likeness (QED) is 0.841. The molecule has 4 heteroatoms. The molecular weight excluding hydrogens is 248 g/mol. The molecule has 0 spiro atoms. The maximum absolute atomic E-state index is 9.03. The molecule has 1 aliphatic heterocycles. The third-order valence-electron chi connectivity index (χ3n) is 4.51. The molecule has 2 rings (SSSR count). The summed E-state index contributed by atoms with van der Waals surface area (Å²) in [5, 5.41) is 9.03. The number of nitriles is 1. The van der Waals surface area contributed by atoms with Crippen LogP contribution in [0.3, 0.4) is 0 Å². The van der Waals surface area contributed by atoms with Gasteiger partial charge in [0.1, 0.15) is 11.8 Å². The van der Waals surface area contributed by atoms with Crippen molar-refractivity contribution >= 4 is 0 Å². The van der Waals surface area contributed by atoms with E-state index in [-0.39, 0.29) is 0 Å². The monoisotopic (exact) mass is 274 g/mol. The van der Waals surface area contributed by atoms with Crippen LogP contribution in [0.5, 0.6) is 0 Å². The van der Waals surface area contributed by atoms with Gasteiger partial charge >= 0.3 is 0 Å². The van der Waals surface area contributed by atoms with Gasteiger partial charge in [-0.1, -0.05) is 13.8 Å². The van der Waals surface area contributed by atoms with E-state index >= 15 is 0 Å². The maximum Gasteiger partial charge on any atom is 0.120 e. The third-order valence-corrected chi connectivity index (χ3v) is 4.51. The molecule has 1 aromatic rings. The topological polar surface area (TPSA) is 35.2 Å². The number of rotatable bonds is 4. The van der Waals surface area contributed by atoms with Gasteiger partial charge in [-0.3, -0.25) is 4.90 Å². The summed E-state index contributed by atoms with van der Waals surface area (Å²) in [5.41, 5.74) is 1.98. The lowest BCUT2D eigenvalue weighted by molar-refractivity contribution is 0.215. The van der Waals surface area contributed by atoms with E-state index in [9.17, 15) is 0 Å². The molecule has 0 N–H and O–H groups in total. The lowest BCUT2D eigenvalue weighted by Crippen LogP contribution is -2.37. The second-order valence-corrected chi connectivity index (χ2v) is 6.59. The van der Waals surface area contributed by atoms with Crippen LogP contribution in [-0.4, -0.2) is 47.6 Å². The summed E-state index contributed by atoms with van der Waals surface area (Å²) < 4.78 is 1.91. The highest BCUT2D eigenvalue weighted by Gasteiger charge is 2.35. The molecule has 0 bridgehead atoms. The Labute approximate surface area is 122 Å². The summed E-state index contributed by atoms with van der Waals surface area (Å²) in [5.74, 6) is 1.43. The van der Waals surface area contributed by atoms with Gasteiger partial charge in [0.2, 0.25) is 0 Å². The molecule has 0 amide bonds. The lowest BCUT2D eigenvalue weighted by Gasteiger charge is -2.27. The van der Waals surface area contributed by atoms with Gasteiger partial charge in [-0.2, -0.15) is 5.26 Å². The van der Waals surface area contributed by atoms with Gasteiger partial charge in [0.15, 0.2) is 0 Å². The minimum Gasteiger partial charge on any atom is -0.342 e. The minimum atomic E-state index is 0.633. The first-order valence-corrected chi connectivity index (χ1v) is 7.36. The summed E-state index contributed by atoms with van der Waals surface area (Å²) >= 11 is 0. The summed E-state index contributed by atoms with van der Waals surface area (Å²) in [6, 6.07) is 4.87. The fourth-order valence-corrected chi connectivity index (χ4v) is 3.31. The summed E-state index contributed by atoms with van der Waals surface area (Å²) in [6.07, 6.45) is 2.08. The standard InChI is InChI=1S/C16H26N4/c1-12(2)15-10-20(11-16(15)18(3)4)9-13-6-14(7-17)19(5)8-13/h6,8,12,15-16H,9-11H2,1-5H3/t15-,16+/m0/s1. The normalized spacial score (nSPS) is 23.7. The fraction of sp³-hybridized carbons (Fsp3) is 0.688. The predicted molar refractivity (Wildman–Crippen MR) is 81.2 cm³/mol. The van der Waals surface area contributed by atoms with Crippen LogP contribution in [0.1, 0.15) is 25.1 Å². The van der Waals surface area contributed by atoms with E-state index in [1.165, 1.54) is 5.56 Å². The SMILES string of the molecule is CC(C)[C@@H]1CN(Cc2cc(C#N)n(C)c2)C[C@H]1N(C)C. The van der Waals surface area contributed by atoms with Crippen LogP contribution in [0, 0.1) is 23.2 Å². The average molecular weight is 274 g/mol. The van der Waals surface area contributed by atoms with Crippen LogP contribution in [0.25, 0.3) is 0 Å². The second kappa shape index (κ2) is 5.99. The highest BCUT2D eigenvalue weighted by molar-refractivity contribution is 5.28. The molecule has 4 nitrogen and oxygen atoms in total. The molecule has 0 radical (unpaired) electrons. The van der Waals surface area contributed by atoms with Crippen molar-refractivity contribution in [2.45, 2.75) is 26.4 Å². The van der Waals surface area contributed by atoms with E-state index in [4.69, 9.17) is 5.26 Å². The smallest absolute Gasteiger partial charge is 0.120 e. The number of hydrogen-bond donors (Lipinski definition) is 0. The Hall–Kier alpha value is -1.31. The number of nitrogens with zero attached hydrogens (tertiary/aromatic N) is 4. The maximum atomic E-state index is 9.03. The van der Waals surface area contributed by atoms with Crippen molar-refractivity contribution < 1.29 is 0 Å². The van der Waals surface area contributed by atoms with Gasteiger partial charge in [-0.25, -0.2) is 0 Å². The van der Waals surface area contributed by atoms with Gasteiger partial charge in [0.25, 0.3) is 0 Å². The summed E-state index contributed by atoms with van der Waals surface area (Å²) in [4.78, 5) is 4.88. The average Bonchev–Trinajstić information content (AvgIpc) is 2.93. The molecule has 2 atom stereocenters. The zero-order chi connectivity index (χ0) is 14.9. The van der Waals surface area contributed by atoms with E-state index in [1.54, 1.807) is 0 Å². The first kappa shape index (κ1) is 15.1. The van der Waals surface area contributed by atoms with Crippen molar-refractivity contribution in [1.29, 1.82) is 5.26 Å². The van der Waals surface area contributed by atoms with Gasteiger partial charge in [-0.05, 0) is 37.6 Å².